The van der Waals surface area contributed by atoms with Gasteiger partial charge in [-0.25, -0.2) is 0 Å². The number of ether oxygens (including phenoxy) is 1. The molecule has 5 nitrogen and oxygen atoms in total. The maximum absolute atomic E-state index is 12.7. The Morgan fingerprint density at radius 1 is 1.43 bits per heavy atom. The molecule has 3 rings (SSSR count). The number of nitrogens with one attached hydrogen (secondary N) is 1. The van der Waals surface area contributed by atoms with Gasteiger partial charge < -0.3 is 20.1 Å². The van der Waals surface area contributed by atoms with Gasteiger partial charge in [0.05, 0.1) is 24.7 Å². The first-order valence-electron chi connectivity index (χ1n) is 7.54. The van der Waals surface area contributed by atoms with Crippen molar-refractivity contribution in [2.24, 2.45) is 5.92 Å². The third-order valence-electron chi connectivity index (χ3n) is 4.21. The van der Waals surface area contributed by atoms with Gasteiger partial charge in [0.1, 0.15) is 0 Å². The minimum absolute atomic E-state index is 0.0244. The molecule has 1 amide bonds. The molecule has 3 atom stereocenters. The van der Waals surface area contributed by atoms with E-state index in [1.165, 1.54) is 5.56 Å². The largest absolute Gasteiger partial charge is 0.394 e. The fourth-order valence-electron chi connectivity index (χ4n) is 3.20. The normalized spacial score (nSPS) is 28.7. The number of aliphatic hydroxyl groups is 1. The Morgan fingerprint density at radius 2 is 2.24 bits per heavy atom. The van der Waals surface area contributed by atoms with E-state index in [-0.39, 0.29) is 30.6 Å². The van der Waals surface area contributed by atoms with Gasteiger partial charge in [-0.1, -0.05) is 18.2 Å². The van der Waals surface area contributed by atoms with Crippen molar-refractivity contribution < 1.29 is 14.6 Å². The molecule has 2 N–H and O–H groups in total. The molecule has 21 heavy (non-hydrogen) atoms. The number of rotatable bonds is 2. The summed E-state index contributed by atoms with van der Waals surface area (Å²) in [5.74, 6) is 0.121. The van der Waals surface area contributed by atoms with Gasteiger partial charge in [0.25, 0.3) is 0 Å². The third kappa shape index (κ3) is 3.04. The maximum atomic E-state index is 12.7. The molecule has 0 saturated carbocycles. The van der Waals surface area contributed by atoms with Gasteiger partial charge in [-0.05, 0) is 25.0 Å². The van der Waals surface area contributed by atoms with Crippen LogP contribution < -0.4 is 5.32 Å². The van der Waals surface area contributed by atoms with Crippen molar-refractivity contribution in [1.29, 1.82) is 0 Å². The number of aliphatic hydroxyl groups excluding tert-OH is 1. The molecule has 1 aromatic rings. The monoisotopic (exact) mass is 290 g/mol. The fraction of sp³-hybridized carbons (Fsp3) is 0.562. The van der Waals surface area contributed by atoms with Crippen LogP contribution in [0.5, 0.6) is 0 Å². The van der Waals surface area contributed by atoms with Gasteiger partial charge in [0.15, 0.2) is 0 Å². The number of para-hydroxylation sites is 1. The van der Waals surface area contributed by atoms with E-state index >= 15 is 0 Å². The van der Waals surface area contributed by atoms with E-state index in [2.05, 4.69) is 17.4 Å². The highest BCUT2D eigenvalue weighted by Crippen LogP contribution is 2.26. The Kier molecular flexibility index (Phi) is 4.12. The van der Waals surface area contributed by atoms with Gasteiger partial charge in [-0.2, -0.15) is 0 Å². The number of hydrogen-bond acceptors (Lipinski definition) is 4. The number of fused-ring (bicyclic) bond motifs is 1. The summed E-state index contributed by atoms with van der Waals surface area (Å²) in [5.41, 5.74) is 2.33. The molecule has 0 aliphatic carbocycles. The first-order chi connectivity index (χ1) is 10.2. The van der Waals surface area contributed by atoms with E-state index in [1.807, 2.05) is 24.0 Å². The van der Waals surface area contributed by atoms with Gasteiger partial charge in [0.2, 0.25) is 5.91 Å². The number of hydrogen-bond donors (Lipinski definition) is 2. The number of amides is 1. The van der Waals surface area contributed by atoms with Crippen molar-refractivity contribution in [2.45, 2.75) is 25.6 Å². The van der Waals surface area contributed by atoms with Crippen molar-refractivity contribution in [3.05, 3.63) is 29.8 Å². The van der Waals surface area contributed by atoms with Crippen LogP contribution in [-0.2, 0) is 16.0 Å². The molecule has 1 aromatic carbocycles. The number of morpholine rings is 1. The molecule has 0 aromatic heterocycles. The number of anilines is 1. The molecule has 0 bridgehead atoms. The summed E-state index contributed by atoms with van der Waals surface area (Å²) in [4.78, 5) is 14.6. The highest BCUT2D eigenvalue weighted by molar-refractivity contribution is 5.81. The predicted molar refractivity (Wildman–Crippen MR) is 80.1 cm³/mol. The summed E-state index contributed by atoms with van der Waals surface area (Å²) < 4.78 is 5.60. The average molecular weight is 290 g/mol. The molecule has 1 saturated heterocycles. The molecule has 2 aliphatic heterocycles. The number of carbonyl (C=O) groups excluding carboxylic acids is 1. The van der Waals surface area contributed by atoms with Crippen molar-refractivity contribution in [1.82, 2.24) is 4.90 Å². The Balaban J connectivity index is 1.68. The van der Waals surface area contributed by atoms with E-state index < -0.39 is 0 Å². The number of carbonyl (C=O) groups is 1. The minimum atomic E-state index is -0.262. The first kappa shape index (κ1) is 14.4. The number of nitrogens with zero attached hydrogens (tertiary/aromatic N) is 1. The van der Waals surface area contributed by atoms with Crippen molar-refractivity contribution in [3.63, 3.8) is 0 Å². The summed E-state index contributed by atoms with van der Waals surface area (Å²) in [6.07, 6.45) is 0.489. The van der Waals surface area contributed by atoms with Gasteiger partial charge in [0, 0.05) is 25.3 Å². The molecule has 114 valence electrons. The SMILES string of the molecule is CC1CN(C(=O)C2CNc3ccccc3C2)CC(CO)O1. The van der Waals surface area contributed by atoms with Crippen LogP contribution in [0.25, 0.3) is 0 Å². The molecule has 2 aliphatic rings. The van der Waals surface area contributed by atoms with Crippen LogP contribution in [0.2, 0.25) is 0 Å². The van der Waals surface area contributed by atoms with Crippen molar-refractivity contribution >= 4 is 11.6 Å². The second-order valence-electron chi connectivity index (χ2n) is 5.93. The lowest BCUT2D eigenvalue weighted by Crippen LogP contribution is -2.53. The van der Waals surface area contributed by atoms with Crippen molar-refractivity contribution in [3.8, 4) is 0 Å². The van der Waals surface area contributed by atoms with Gasteiger partial charge in [-0.15, -0.1) is 0 Å². The molecule has 2 heterocycles. The van der Waals surface area contributed by atoms with Crippen LogP contribution in [0.3, 0.4) is 0 Å². The van der Waals surface area contributed by atoms with Crippen LogP contribution in [0.1, 0.15) is 12.5 Å². The zero-order valence-corrected chi connectivity index (χ0v) is 12.3. The van der Waals surface area contributed by atoms with Gasteiger partial charge in [-0.3, -0.25) is 4.79 Å². The second kappa shape index (κ2) is 6.03. The highest BCUT2D eigenvalue weighted by Gasteiger charge is 2.33. The summed E-state index contributed by atoms with van der Waals surface area (Å²) in [5, 5.41) is 12.6. The molecule has 3 unspecified atom stereocenters. The van der Waals surface area contributed by atoms with Crippen molar-refractivity contribution in [2.75, 3.05) is 31.6 Å². The second-order valence-corrected chi connectivity index (χ2v) is 5.93. The van der Waals surface area contributed by atoms with E-state index in [4.69, 9.17) is 4.74 Å². The fourth-order valence-corrected chi connectivity index (χ4v) is 3.20. The molecular formula is C16H22N2O3. The highest BCUT2D eigenvalue weighted by atomic mass is 16.5. The summed E-state index contributed by atoms with van der Waals surface area (Å²) >= 11 is 0. The summed E-state index contributed by atoms with van der Waals surface area (Å²) in [6, 6.07) is 8.13. The van der Waals surface area contributed by atoms with Gasteiger partial charge >= 0.3 is 0 Å². The van der Waals surface area contributed by atoms with Crippen LogP contribution >= 0.6 is 0 Å². The lowest BCUT2D eigenvalue weighted by Gasteiger charge is -2.38. The lowest BCUT2D eigenvalue weighted by molar-refractivity contribution is -0.150. The summed E-state index contributed by atoms with van der Waals surface area (Å²) in [7, 11) is 0. The quantitative estimate of drug-likeness (QED) is 0.849. The molecular weight excluding hydrogens is 268 g/mol. The Labute approximate surface area is 124 Å². The molecule has 5 heteroatoms. The molecule has 1 fully saturated rings. The molecule has 0 radical (unpaired) electrons. The van der Waals surface area contributed by atoms with E-state index in [9.17, 15) is 9.90 Å². The predicted octanol–water partition coefficient (Wildman–Crippen LogP) is 0.879. The van der Waals surface area contributed by atoms with Crippen LogP contribution in [-0.4, -0.2) is 54.4 Å². The minimum Gasteiger partial charge on any atom is -0.394 e. The zero-order valence-electron chi connectivity index (χ0n) is 12.3. The zero-order chi connectivity index (χ0) is 14.8. The van der Waals surface area contributed by atoms with E-state index in [0.29, 0.717) is 19.6 Å². The number of benzene rings is 1. The van der Waals surface area contributed by atoms with Crippen LogP contribution in [0.4, 0.5) is 5.69 Å². The topological polar surface area (TPSA) is 61.8 Å². The third-order valence-corrected chi connectivity index (χ3v) is 4.21. The summed E-state index contributed by atoms with van der Waals surface area (Å²) in [6.45, 7) is 3.66. The van der Waals surface area contributed by atoms with E-state index in [0.717, 1.165) is 12.1 Å². The first-order valence-corrected chi connectivity index (χ1v) is 7.54. The van der Waals surface area contributed by atoms with Crippen LogP contribution in [0, 0.1) is 5.92 Å². The maximum Gasteiger partial charge on any atom is 0.227 e. The van der Waals surface area contributed by atoms with E-state index in [1.54, 1.807) is 0 Å². The standard InChI is InChI=1S/C16H22N2O3/c1-11-8-18(9-14(10-19)21-11)16(20)13-6-12-4-2-3-5-15(12)17-7-13/h2-5,11,13-14,17,19H,6-10H2,1H3. The Hall–Kier alpha value is -1.59. The lowest BCUT2D eigenvalue weighted by atomic mass is 9.92. The van der Waals surface area contributed by atoms with Crippen LogP contribution in [0.15, 0.2) is 24.3 Å². The Morgan fingerprint density at radius 3 is 3.05 bits per heavy atom. The average Bonchev–Trinajstić information content (AvgIpc) is 2.53. The molecule has 0 spiro atoms. The smallest absolute Gasteiger partial charge is 0.227 e. The Bertz CT molecular complexity index is 520.